The lowest BCUT2D eigenvalue weighted by molar-refractivity contribution is 0.623. The maximum Gasteiger partial charge on any atom is 0.233 e. The van der Waals surface area contributed by atoms with Crippen molar-refractivity contribution in [1.29, 1.82) is 0 Å². The summed E-state index contributed by atoms with van der Waals surface area (Å²) in [5.74, 6) is 1.44. The van der Waals surface area contributed by atoms with E-state index in [2.05, 4.69) is 14.7 Å². The first-order valence-electron chi connectivity index (χ1n) is 5.02. The monoisotopic (exact) mass is 203 g/mol. The summed E-state index contributed by atoms with van der Waals surface area (Å²) in [5.41, 5.74) is 0. The van der Waals surface area contributed by atoms with Crippen LogP contribution in [-0.2, 0) is 0 Å². The molecule has 0 amide bonds. The van der Waals surface area contributed by atoms with Crippen LogP contribution in [0.1, 0.15) is 0 Å². The average molecular weight is 203 g/mol. The number of aromatic nitrogens is 1. The normalized spacial score (nSPS) is 32.3. The van der Waals surface area contributed by atoms with Gasteiger partial charge in [-0.15, -0.1) is 0 Å². The Morgan fingerprint density at radius 3 is 2.80 bits per heavy atom. The van der Waals surface area contributed by atoms with Crippen molar-refractivity contribution in [3.05, 3.63) is 35.6 Å². The zero-order valence-electron chi connectivity index (χ0n) is 8.10. The molecule has 3 atom stereocenters. The number of piperidine rings is 1. The highest BCUT2D eigenvalue weighted by Gasteiger charge is 2.62. The van der Waals surface area contributed by atoms with E-state index in [9.17, 15) is 4.39 Å². The predicted molar refractivity (Wildman–Crippen MR) is 53.8 cm³/mol. The number of fused-ring (bicyclic) bond motifs is 1. The minimum Gasteiger partial charge on any atom is -0.355 e. The highest BCUT2D eigenvalue weighted by atomic mass is 19.1. The minimum absolute atomic E-state index is 0.217. The van der Waals surface area contributed by atoms with Crippen LogP contribution in [-0.4, -0.2) is 24.1 Å². The second-order valence-electron chi connectivity index (χ2n) is 4.18. The molecule has 1 unspecified atom stereocenters. The Hall–Kier alpha value is -1.63. The first kappa shape index (κ1) is 8.66. The molecule has 76 valence electrons. The zero-order valence-corrected chi connectivity index (χ0v) is 8.10. The van der Waals surface area contributed by atoms with Crippen LogP contribution in [0.5, 0.6) is 0 Å². The maximum absolute atomic E-state index is 13.0. The summed E-state index contributed by atoms with van der Waals surface area (Å²) in [5, 5.41) is 0. The molecule has 1 aliphatic heterocycles. The van der Waals surface area contributed by atoms with Gasteiger partial charge in [0.25, 0.3) is 0 Å². The lowest BCUT2D eigenvalue weighted by atomic mass is 10.3. The van der Waals surface area contributed by atoms with Crippen LogP contribution >= 0.6 is 0 Å². The standard InChI is InChI=1S/C11H10FN3/c1-13-11-8-5-15(6-9(8)11)10-4-7(12)2-3-14-10/h2-4,8-9,11H,5-6H2/t8-,9+,11?. The summed E-state index contributed by atoms with van der Waals surface area (Å²) in [4.78, 5) is 9.76. The maximum atomic E-state index is 13.0. The van der Waals surface area contributed by atoms with Crippen molar-refractivity contribution >= 4 is 5.82 Å². The van der Waals surface area contributed by atoms with Crippen LogP contribution < -0.4 is 4.90 Å². The summed E-state index contributed by atoms with van der Waals surface area (Å²) in [6.07, 6.45) is 1.49. The van der Waals surface area contributed by atoms with Crippen LogP contribution in [0, 0.1) is 24.2 Å². The predicted octanol–water partition coefficient (Wildman–Crippen LogP) is 1.57. The molecule has 1 aliphatic carbocycles. The van der Waals surface area contributed by atoms with Gasteiger partial charge in [0.05, 0.1) is 11.8 Å². The van der Waals surface area contributed by atoms with Crippen LogP contribution in [0.2, 0.25) is 0 Å². The van der Waals surface area contributed by atoms with E-state index in [1.54, 1.807) is 0 Å². The molecular formula is C11H10FN3. The molecule has 0 radical (unpaired) electrons. The molecule has 1 aromatic heterocycles. The lowest BCUT2D eigenvalue weighted by Gasteiger charge is -2.18. The van der Waals surface area contributed by atoms with Gasteiger partial charge in [-0.1, -0.05) is 0 Å². The molecule has 15 heavy (non-hydrogen) atoms. The van der Waals surface area contributed by atoms with Crippen LogP contribution in [0.4, 0.5) is 10.2 Å². The van der Waals surface area contributed by atoms with E-state index in [0.717, 1.165) is 13.1 Å². The number of hydrogen-bond acceptors (Lipinski definition) is 2. The Morgan fingerprint density at radius 1 is 1.47 bits per heavy atom. The number of nitrogens with zero attached hydrogens (tertiary/aromatic N) is 3. The van der Waals surface area contributed by atoms with Gasteiger partial charge in [-0.3, -0.25) is 0 Å². The summed E-state index contributed by atoms with van der Waals surface area (Å²) in [6.45, 7) is 8.66. The molecule has 2 fully saturated rings. The third-order valence-corrected chi connectivity index (χ3v) is 3.33. The van der Waals surface area contributed by atoms with Gasteiger partial charge in [0.2, 0.25) is 6.04 Å². The fourth-order valence-electron chi connectivity index (χ4n) is 2.44. The van der Waals surface area contributed by atoms with E-state index in [1.165, 1.54) is 18.3 Å². The largest absolute Gasteiger partial charge is 0.355 e. The van der Waals surface area contributed by atoms with Crippen LogP contribution in [0.25, 0.3) is 4.85 Å². The fourth-order valence-corrected chi connectivity index (χ4v) is 2.44. The third kappa shape index (κ3) is 1.27. The number of halogens is 1. The number of anilines is 1. The Bertz CT molecular complexity index is 428. The van der Waals surface area contributed by atoms with Gasteiger partial charge in [0.15, 0.2) is 0 Å². The van der Waals surface area contributed by atoms with Gasteiger partial charge in [-0.2, -0.15) is 0 Å². The van der Waals surface area contributed by atoms with Crippen molar-refractivity contribution in [3.8, 4) is 0 Å². The van der Waals surface area contributed by atoms with Crippen LogP contribution in [0.3, 0.4) is 0 Å². The molecule has 0 N–H and O–H groups in total. The third-order valence-electron chi connectivity index (χ3n) is 3.33. The molecule has 2 aliphatic rings. The highest BCUT2D eigenvalue weighted by Crippen LogP contribution is 2.48. The molecule has 0 aromatic carbocycles. The molecule has 1 saturated carbocycles. The minimum atomic E-state index is -0.248. The molecular weight excluding hydrogens is 193 g/mol. The fraction of sp³-hybridized carbons (Fsp3) is 0.455. The number of hydrogen-bond donors (Lipinski definition) is 0. The topological polar surface area (TPSA) is 20.5 Å². The molecule has 2 heterocycles. The molecule has 4 heteroatoms. The van der Waals surface area contributed by atoms with Crippen molar-refractivity contribution in [2.24, 2.45) is 11.8 Å². The highest BCUT2D eigenvalue weighted by molar-refractivity contribution is 5.43. The van der Waals surface area contributed by atoms with Gasteiger partial charge in [-0.05, 0) is 6.07 Å². The first-order valence-corrected chi connectivity index (χ1v) is 5.02. The Balaban J connectivity index is 1.75. The van der Waals surface area contributed by atoms with E-state index in [4.69, 9.17) is 6.57 Å². The number of pyridine rings is 1. The molecule has 3 rings (SSSR count). The smallest absolute Gasteiger partial charge is 0.233 e. The summed E-state index contributed by atoms with van der Waals surface area (Å²) in [6, 6.07) is 3.02. The average Bonchev–Trinajstić information content (AvgIpc) is 2.70. The van der Waals surface area contributed by atoms with Crippen molar-refractivity contribution in [1.82, 2.24) is 4.98 Å². The van der Waals surface area contributed by atoms with E-state index >= 15 is 0 Å². The van der Waals surface area contributed by atoms with Gasteiger partial charge in [-0.25, -0.2) is 15.9 Å². The number of rotatable bonds is 1. The molecule has 1 aromatic rings. The molecule has 0 spiro atoms. The Kier molecular flexibility index (Phi) is 1.69. The summed E-state index contributed by atoms with van der Waals surface area (Å²) < 4.78 is 13.0. The molecule has 3 nitrogen and oxygen atoms in total. The van der Waals surface area contributed by atoms with E-state index < -0.39 is 0 Å². The van der Waals surface area contributed by atoms with Crippen molar-refractivity contribution in [3.63, 3.8) is 0 Å². The molecule has 1 saturated heterocycles. The zero-order chi connectivity index (χ0) is 10.4. The van der Waals surface area contributed by atoms with Crippen molar-refractivity contribution in [2.75, 3.05) is 18.0 Å². The van der Waals surface area contributed by atoms with Gasteiger partial charge >= 0.3 is 0 Å². The van der Waals surface area contributed by atoms with Gasteiger partial charge < -0.3 is 9.74 Å². The summed E-state index contributed by atoms with van der Waals surface area (Å²) in [7, 11) is 0. The van der Waals surface area contributed by atoms with Gasteiger partial charge in [0.1, 0.15) is 11.6 Å². The summed E-state index contributed by atoms with van der Waals surface area (Å²) >= 11 is 0. The molecule has 0 bridgehead atoms. The van der Waals surface area contributed by atoms with Gasteiger partial charge in [0, 0.05) is 25.4 Å². The van der Waals surface area contributed by atoms with Crippen molar-refractivity contribution < 1.29 is 4.39 Å². The SMILES string of the molecule is [C-]#[N+]C1[C@H]2CN(c3cc(F)ccn3)C[C@@H]12. The van der Waals surface area contributed by atoms with E-state index in [0.29, 0.717) is 17.7 Å². The van der Waals surface area contributed by atoms with Crippen molar-refractivity contribution in [2.45, 2.75) is 6.04 Å². The first-order chi connectivity index (χ1) is 7.29. The quantitative estimate of drug-likeness (QED) is 0.646. The second kappa shape index (κ2) is 2.93. The van der Waals surface area contributed by atoms with Crippen LogP contribution in [0.15, 0.2) is 18.3 Å². The Labute approximate surface area is 87.4 Å². The van der Waals surface area contributed by atoms with E-state index in [-0.39, 0.29) is 11.9 Å². The lowest BCUT2D eigenvalue weighted by Crippen LogP contribution is -2.25. The van der Waals surface area contributed by atoms with E-state index in [1.807, 2.05) is 0 Å². The Morgan fingerprint density at radius 2 is 2.20 bits per heavy atom. The second-order valence-corrected chi connectivity index (χ2v) is 4.18.